The van der Waals surface area contributed by atoms with Gasteiger partial charge in [-0.15, -0.1) is 0 Å². The van der Waals surface area contributed by atoms with Gasteiger partial charge in [0.2, 0.25) is 0 Å². The summed E-state index contributed by atoms with van der Waals surface area (Å²) >= 11 is 0. The van der Waals surface area contributed by atoms with Crippen LogP contribution in [0.5, 0.6) is 11.5 Å². The maximum absolute atomic E-state index is 12.7. The molecule has 0 aliphatic carbocycles. The maximum atomic E-state index is 12.7. The second-order valence-corrected chi connectivity index (χ2v) is 8.69. The van der Waals surface area contributed by atoms with Crippen molar-refractivity contribution in [3.05, 3.63) is 59.7 Å². The van der Waals surface area contributed by atoms with E-state index in [1.54, 1.807) is 30.3 Å². The minimum atomic E-state index is -0.570. The van der Waals surface area contributed by atoms with Crippen molar-refractivity contribution >= 4 is 11.8 Å². The second-order valence-electron chi connectivity index (χ2n) is 8.69. The Morgan fingerprint density at radius 3 is 2.09 bits per heavy atom. The molecule has 0 radical (unpaired) electrons. The molecule has 0 aliphatic heterocycles. The van der Waals surface area contributed by atoms with Crippen LogP contribution >= 0.6 is 0 Å². The van der Waals surface area contributed by atoms with Gasteiger partial charge in [-0.25, -0.2) is 0 Å². The molecule has 1 atom stereocenters. The Bertz CT molecular complexity index is 867. The summed E-state index contributed by atoms with van der Waals surface area (Å²) in [6, 6.07) is 13.3. The zero-order chi connectivity index (χ0) is 24.4. The Balaban J connectivity index is 0.00000249. The fourth-order valence-corrected chi connectivity index (χ4v) is 3.27. The SMILES string of the molecule is CC.CCCC(C)(C(=O)OCCOc1ccc(C(=O)c2ccccc2)c(O)c1)C(C)(C)C. The van der Waals surface area contributed by atoms with Gasteiger partial charge < -0.3 is 14.6 Å². The molecule has 0 spiro atoms. The Kier molecular flexibility index (Phi) is 10.4. The van der Waals surface area contributed by atoms with Gasteiger partial charge in [0, 0.05) is 11.6 Å². The molecule has 5 heteroatoms. The van der Waals surface area contributed by atoms with Crippen LogP contribution in [0.2, 0.25) is 0 Å². The van der Waals surface area contributed by atoms with Crippen molar-refractivity contribution < 1.29 is 24.2 Å². The third-order valence-electron chi connectivity index (χ3n) is 5.69. The number of benzene rings is 2. The van der Waals surface area contributed by atoms with Gasteiger partial charge in [0.25, 0.3) is 0 Å². The van der Waals surface area contributed by atoms with E-state index in [0.717, 1.165) is 12.8 Å². The number of aromatic hydroxyl groups is 1. The van der Waals surface area contributed by atoms with Gasteiger partial charge in [0.1, 0.15) is 24.7 Å². The first kappa shape index (κ1) is 27.2. The van der Waals surface area contributed by atoms with E-state index in [0.29, 0.717) is 11.3 Å². The zero-order valence-corrected chi connectivity index (χ0v) is 20.5. The van der Waals surface area contributed by atoms with Gasteiger partial charge in [-0.3, -0.25) is 9.59 Å². The highest BCUT2D eigenvalue weighted by Crippen LogP contribution is 2.43. The molecule has 1 unspecified atom stereocenters. The standard InChI is InChI=1S/C25H32O5.C2H6/c1-6-14-25(5,24(2,3)4)23(28)30-16-15-29-19-12-13-20(21(26)17-19)22(27)18-10-8-7-9-11-18;1-2/h7-13,17,26H,6,14-16H2,1-5H3;1-2H3. The summed E-state index contributed by atoms with van der Waals surface area (Å²) in [5.41, 5.74) is -0.0734. The van der Waals surface area contributed by atoms with Crippen molar-refractivity contribution in [3.8, 4) is 11.5 Å². The van der Waals surface area contributed by atoms with Crippen LogP contribution in [0.1, 0.15) is 77.2 Å². The number of ketones is 1. The molecule has 0 saturated carbocycles. The molecular formula is C27H38O5. The lowest BCUT2D eigenvalue weighted by Crippen LogP contribution is -2.42. The molecule has 0 saturated heterocycles. The summed E-state index contributed by atoms with van der Waals surface area (Å²) in [6.07, 6.45) is 1.65. The summed E-state index contributed by atoms with van der Waals surface area (Å²) in [7, 11) is 0. The smallest absolute Gasteiger partial charge is 0.312 e. The quantitative estimate of drug-likeness (QED) is 0.275. The highest BCUT2D eigenvalue weighted by Gasteiger charge is 2.44. The average molecular weight is 443 g/mol. The molecule has 0 heterocycles. The minimum Gasteiger partial charge on any atom is -0.507 e. The van der Waals surface area contributed by atoms with Crippen LogP contribution in [0.4, 0.5) is 0 Å². The van der Waals surface area contributed by atoms with Crippen molar-refractivity contribution in [2.24, 2.45) is 10.8 Å². The fourth-order valence-electron chi connectivity index (χ4n) is 3.27. The van der Waals surface area contributed by atoms with Gasteiger partial charge in [-0.05, 0) is 30.9 Å². The summed E-state index contributed by atoms with van der Waals surface area (Å²) < 4.78 is 11.1. The molecule has 2 rings (SSSR count). The average Bonchev–Trinajstić information content (AvgIpc) is 2.77. The van der Waals surface area contributed by atoms with Crippen molar-refractivity contribution in [1.29, 1.82) is 0 Å². The Morgan fingerprint density at radius 2 is 1.56 bits per heavy atom. The molecule has 0 aliphatic rings. The van der Waals surface area contributed by atoms with E-state index in [9.17, 15) is 14.7 Å². The largest absolute Gasteiger partial charge is 0.507 e. The van der Waals surface area contributed by atoms with Crippen LogP contribution < -0.4 is 4.74 Å². The van der Waals surface area contributed by atoms with Crippen molar-refractivity contribution in [1.82, 2.24) is 0 Å². The van der Waals surface area contributed by atoms with Gasteiger partial charge in [0.15, 0.2) is 5.78 Å². The van der Waals surface area contributed by atoms with E-state index in [2.05, 4.69) is 6.92 Å². The van der Waals surface area contributed by atoms with E-state index in [1.165, 1.54) is 12.1 Å². The lowest BCUT2D eigenvalue weighted by atomic mass is 9.65. The zero-order valence-electron chi connectivity index (χ0n) is 20.5. The molecule has 5 nitrogen and oxygen atoms in total. The molecule has 176 valence electrons. The topological polar surface area (TPSA) is 72.8 Å². The summed E-state index contributed by atoms with van der Waals surface area (Å²) in [5, 5.41) is 10.2. The third-order valence-corrected chi connectivity index (χ3v) is 5.69. The number of carbonyl (C=O) groups excluding carboxylic acids is 2. The van der Waals surface area contributed by atoms with Crippen molar-refractivity contribution in [2.75, 3.05) is 13.2 Å². The third kappa shape index (κ3) is 6.84. The monoisotopic (exact) mass is 442 g/mol. The van der Waals surface area contributed by atoms with Crippen LogP contribution in [-0.4, -0.2) is 30.1 Å². The molecule has 0 bridgehead atoms. The number of phenols is 1. The summed E-state index contributed by atoms with van der Waals surface area (Å²) in [6.45, 7) is 14.4. The lowest BCUT2D eigenvalue weighted by Gasteiger charge is -2.39. The number of ether oxygens (including phenoxy) is 2. The van der Waals surface area contributed by atoms with Crippen LogP contribution in [0.3, 0.4) is 0 Å². The molecule has 2 aromatic rings. The van der Waals surface area contributed by atoms with E-state index in [-0.39, 0.29) is 41.7 Å². The number of esters is 1. The van der Waals surface area contributed by atoms with Crippen LogP contribution in [0, 0.1) is 10.8 Å². The van der Waals surface area contributed by atoms with Crippen LogP contribution in [-0.2, 0) is 9.53 Å². The van der Waals surface area contributed by atoms with Crippen molar-refractivity contribution in [2.45, 2.75) is 61.3 Å². The molecule has 0 amide bonds. The van der Waals surface area contributed by atoms with Gasteiger partial charge in [-0.1, -0.05) is 78.3 Å². The van der Waals surface area contributed by atoms with Gasteiger partial charge in [0.05, 0.1) is 11.0 Å². The van der Waals surface area contributed by atoms with Crippen LogP contribution in [0.15, 0.2) is 48.5 Å². The maximum Gasteiger partial charge on any atom is 0.312 e. The number of phenolic OH excluding ortho intramolecular Hbond substituents is 1. The van der Waals surface area contributed by atoms with E-state index >= 15 is 0 Å². The Morgan fingerprint density at radius 1 is 0.938 bits per heavy atom. The molecule has 2 aromatic carbocycles. The molecule has 0 aromatic heterocycles. The summed E-state index contributed by atoms with van der Waals surface area (Å²) in [4.78, 5) is 25.1. The fraction of sp³-hybridized carbons (Fsp3) is 0.481. The minimum absolute atomic E-state index is 0.111. The summed E-state index contributed by atoms with van der Waals surface area (Å²) in [5.74, 6) is -0.236. The second kappa shape index (κ2) is 12.3. The Labute approximate surface area is 192 Å². The first-order valence-corrected chi connectivity index (χ1v) is 11.3. The highest BCUT2D eigenvalue weighted by atomic mass is 16.6. The van der Waals surface area contributed by atoms with E-state index in [1.807, 2.05) is 47.6 Å². The molecule has 32 heavy (non-hydrogen) atoms. The predicted molar refractivity (Wildman–Crippen MR) is 128 cm³/mol. The number of carbonyl (C=O) groups is 2. The highest BCUT2D eigenvalue weighted by molar-refractivity contribution is 6.10. The van der Waals surface area contributed by atoms with Crippen LogP contribution in [0.25, 0.3) is 0 Å². The predicted octanol–water partition coefficient (Wildman–Crippen LogP) is 6.42. The molecule has 0 fully saturated rings. The normalized spacial score (nSPS) is 12.7. The van der Waals surface area contributed by atoms with Gasteiger partial charge >= 0.3 is 5.97 Å². The van der Waals surface area contributed by atoms with Crippen molar-refractivity contribution in [3.63, 3.8) is 0 Å². The first-order valence-electron chi connectivity index (χ1n) is 11.3. The number of hydrogen-bond acceptors (Lipinski definition) is 5. The number of hydrogen-bond donors (Lipinski definition) is 1. The first-order chi connectivity index (χ1) is 15.1. The lowest BCUT2D eigenvalue weighted by molar-refractivity contribution is -0.163. The van der Waals surface area contributed by atoms with E-state index < -0.39 is 5.41 Å². The Hall–Kier alpha value is -2.82. The molecule has 1 N–H and O–H groups in total. The molecular weight excluding hydrogens is 404 g/mol. The van der Waals surface area contributed by atoms with Gasteiger partial charge in [-0.2, -0.15) is 0 Å². The van der Waals surface area contributed by atoms with E-state index in [4.69, 9.17) is 9.47 Å². The number of rotatable bonds is 9.